The Morgan fingerprint density at radius 3 is 2.32 bits per heavy atom. The van der Waals surface area contributed by atoms with Gasteiger partial charge in [-0.2, -0.15) is 13.2 Å². The monoisotopic (exact) mass is 418 g/mol. The molecule has 0 heterocycles. The van der Waals surface area contributed by atoms with Crippen LogP contribution < -0.4 is 10.6 Å². The zero-order valence-electron chi connectivity index (χ0n) is 12.7. The van der Waals surface area contributed by atoms with Crippen molar-refractivity contribution in [1.29, 1.82) is 0 Å². The molecule has 0 saturated heterocycles. The number of carbonyl (C=O) groups is 2. The van der Waals surface area contributed by atoms with Crippen LogP contribution in [0.25, 0.3) is 0 Å². The molecule has 25 heavy (non-hydrogen) atoms. The molecule has 0 aliphatic rings. The third kappa shape index (κ3) is 4.79. The third-order valence-corrected chi connectivity index (χ3v) is 3.56. The molecule has 2 amide bonds. The third-order valence-electron chi connectivity index (χ3n) is 3.07. The first-order valence-corrected chi connectivity index (χ1v) is 7.62. The van der Waals surface area contributed by atoms with Crippen LogP contribution in [0, 0.1) is 5.82 Å². The number of anilines is 2. The van der Waals surface area contributed by atoms with Crippen molar-refractivity contribution in [2.45, 2.75) is 13.1 Å². The zero-order chi connectivity index (χ0) is 18.8. The number of alkyl halides is 3. The summed E-state index contributed by atoms with van der Waals surface area (Å²) in [7, 11) is 0. The van der Waals surface area contributed by atoms with E-state index >= 15 is 0 Å². The van der Waals surface area contributed by atoms with Crippen molar-refractivity contribution in [3.63, 3.8) is 0 Å². The Hall–Kier alpha value is -2.42. The predicted molar refractivity (Wildman–Crippen MR) is 87.8 cm³/mol. The van der Waals surface area contributed by atoms with Gasteiger partial charge in [-0.15, -0.1) is 0 Å². The Bertz CT molecular complexity index is 837. The highest BCUT2D eigenvalue weighted by atomic mass is 79.9. The minimum absolute atomic E-state index is 0.0774. The van der Waals surface area contributed by atoms with E-state index < -0.39 is 40.6 Å². The average molecular weight is 419 g/mol. The largest absolute Gasteiger partial charge is 0.418 e. The van der Waals surface area contributed by atoms with E-state index in [1.165, 1.54) is 12.1 Å². The average Bonchev–Trinajstić information content (AvgIpc) is 2.49. The molecule has 0 aliphatic heterocycles. The van der Waals surface area contributed by atoms with Gasteiger partial charge in [-0.25, -0.2) is 4.39 Å². The van der Waals surface area contributed by atoms with Crippen LogP contribution in [0.2, 0.25) is 0 Å². The van der Waals surface area contributed by atoms with E-state index in [4.69, 9.17) is 0 Å². The number of amides is 2. The molecule has 9 heteroatoms. The molecule has 0 saturated carbocycles. The standard InChI is InChI=1S/C16H11BrF4N2O2/c1-8(24)22-10-3-5-14(12(7-10)16(19,20)21)23-15(25)11-6-9(17)2-4-13(11)18/h2-7H,1H3,(H,22,24)(H,23,25). The van der Waals surface area contributed by atoms with Gasteiger partial charge >= 0.3 is 6.18 Å². The Balaban J connectivity index is 2.39. The summed E-state index contributed by atoms with van der Waals surface area (Å²) in [6.45, 7) is 1.15. The first-order chi connectivity index (χ1) is 11.6. The molecule has 0 unspecified atom stereocenters. The molecular weight excluding hydrogens is 408 g/mol. The van der Waals surface area contributed by atoms with Crippen LogP contribution in [0.3, 0.4) is 0 Å². The van der Waals surface area contributed by atoms with Crippen molar-refractivity contribution >= 4 is 39.1 Å². The van der Waals surface area contributed by atoms with Crippen molar-refractivity contribution in [2.24, 2.45) is 0 Å². The molecule has 2 aromatic rings. The molecule has 2 rings (SSSR count). The zero-order valence-corrected chi connectivity index (χ0v) is 14.3. The van der Waals surface area contributed by atoms with Gasteiger partial charge in [0, 0.05) is 17.1 Å². The second-order valence-electron chi connectivity index (χ2n) is 5.02. The van der Waals surface area contributed by atoms with Crippen LogP contribution in [0.15, 0.2) is 40.9 Å². The molecular formula is C16H11BrF4N2O2. The molecule has 4 nitrogen and oxygen atoms in total. The normalized spacial score (nSPS) is 11.1. The number of hydrogen-bond acceptors (Lipinski definition) is 2. The fourth-order valence-electron chi connectivity index (χ4n) is 2.03. The lowest BCUT2D eigenvalue weighted by Gasteiger charge is -2.16. The maximum absolute atomic E-state index is 13.7. The van der Waals surface area contributed by atoms with Gasteiger partial charge in [0.15, 0.2) is 0 Å². The molecule has 0 spiro atoms. The maximum atomic E-state index is 13.7. The summed E-state index contributed by atoms with van der Waals surface area (Å²) < 4.78 is 53.8. The number of benzene rings is 2. The highest BCUT2D eigenvalue weighted by Crippen LogP contribution is 2.37. The Morgan fingerprint density at radius 1 is 1.04 bits per heavy atom. The van der Waals surface area contributed by atoms with Gasteiger partial charge in [-0.3, -0.25) is 9.59 Å². The summed E-state index contributed by atoms with van der Waals surface area (Å²) in [5.74, 6) is -2.44. The molecule has 2 N–H and O–H groups in total. The van der Waals surface area contributed by atoms with E-state index in [2.05, 4.69) is 21.2 Å². The van der Waals surface area contributed by atoms with Crippen LogP contribution in [0.1, 0.15) is 22.8 Å². The molecule has 0 bridgehead atoms. The second-order valence-corrected chi connectivity index (χ2v) is 5.93. The van der Waals surface area contributed by atoms with Gasteiger partial charge in [0.25, 0.3) is 5.91 Å². The quantitative estimate of drug-likeness (QED) is 0.702. The summed E-state index contributed by atoms with van der Waals surface area (Å²) in [5.41, 5.74) is -2.20. The summed E-state index contributed by atoms with van der Waals surface area (Å²) >= 11 is 3.06. The van der Waals surface area contributed by atoms with Crippen molar-refractivity contribution in [2.75, 3.05) is 10.6 Å². The van der Waals surface area contributed by atoms with Crippen molar-refractivity contribution in [3.05, 3.63) is 57.8 Å². The molecule has 0 fully saturated rings. The van der Waals surface area contributed by atoms with Crippen LogP contribution in [0.4, 0.5) is 28.9 Å². The van der Waals surface area contributed by atoms with Crippen LogP contribution in [-0.4, -0.2) is 11.8 Å². The minimum atomic E-state index is -4.78. The number of halogens is 5. The van der Waals surface area contributed by atoms with E-state index in [9.17, 15) is 27.2 Å². The smallest absolute Gasteiger partial charge is 0.326 e. The summed E-state index contributed by atoms with van der Waals surface area (Å²) in [6.07, 6.45) is -4.78. The predicted octanol–water partition coefficient (Wildman–Crippen LogP) is 4.82. The van der Waals surface area contributed by atoms with Crippen molar-refractivity contribution in [1.82, 2.24) is 0 Å². The Labute approximate surface area is 148 Å². The van der Waals surface area contributed by atoms with Gasteiger partial charge in [0.2, 0.25) is 5.91 Å². The molecule has 2 aromatic carbocycles. The fourth-order valence-corrected chi connectivity index (χ4v) is 2.39. The van der Waals surface area contributed by atoms with Crippen LogP contribution >= 0.6 is 15.9 Å². The molecule has 0 radical (unpaired) electrons. The lowest BCUT2D eigenvalue weighted by atomic mass is 10.1. The molecule has 0 atom stereocenters. The number of nitrogens with one attached hydrogen (secondary N) is 2. The number of rotatable bonds is 3. The summed E-state index contributed by atoms with van der Waals surface area (Å²) in [4.78, 5) is 23.1. The van der Waals surface area contributed by atoms with Gasteiger partial charge in [0.1, 0.15) is 5.82 Å². The molecule has 0 aliphatic carbocycles. The van der Waals surface area contributed by atoms with Crippen molar-refractivity contribution < 1.29 is 27.2 Å². The van der Waals surface area contributed by atoms with E-state index in [0.29, 0.717) is 10.5 Å². The van der Waals surface area contributed by atoms with Gasteiger partial charge in [-0.1, -0.05) is 15.9 Å². The highest BCUT2D eigenvalue weighted by Gasteiger charge is 2.34. The minimum Gasteiger partial charge on any atom is -0.326 e. The summed E-state index contributed by atoms with van der Waals surface area (Å²) in [5, 5.41) is 4.28. The van der Waals surface area contributed by atoms with Crippen molar-refractivity contribution in [3.8, 4) is 0 Å². The Kier molecular flexibility index (Phi) is 5.46. The first-order valence-electron chi connectivity index (χ1n) is 6.83. The van der Waals surface area contributed by atoms with Gasteiger partial charge in [-0.05, 0) is 36.4 Å². The Morgan fingerprint density at radius 2 is 1.72 bits per heavy atom. The van der Waals surface area contributed by atoms with E-state index in [1.807, 2.05) is 5.32 Å². The molecule has 132 valence electrons. The summed E-state index contributed by atoms with van der Waals surface area (Å²) in [6, 6.07) is 6.41. The van der Waals surface area contributed by atoms with Crippen LogP contribution in [0.5, 0.6) is 0 Å². The topological polar surface area (TPSA) is 58.2 Å². The van der Waals surface area contributed by atoms with E-state index in [-0.39, 0.29) is 5.69 Å². The van der Waals surface area contributed by atoms with E-state index in [1.54, 1.807) is 0 Å². The number of hydrogen-bond donors (Lipinski definition) is 2. The number of carbonyl (C=O) groups excluding carboxylic acids is 2. The maximum Gasteiger partial charge on any atom is 0.418 e. The van der Waals surface area contributed by atoms with E-state index in [0.717, 1.165) is 25.1 Å². The van der Waals surface area contributed by atoms with Crippen LogP contribution in [-0.2, 0) is 11.0 Å². The SMILES string of the molecule is CC(=O)Nc1ccc(NC(=O)c2cc(Br)ccc2F)c(C(F)(F)F)c1. The lowest BCUT2D eigenvalue weighted by Crippen LogP contribution is -2.18. The first kappa shape index (κ1) is 18.9. The fraction of sp³-hybridized carbons (Fsp3) is 0.125. The van der Waals surface area contributed by atoms with Gasteiger partial charge < -0.3 is 10.6 Å². The highest BCUT2D eigenvalue weighted by molar-refractivity contribution is 9.10. The molecule has 0 aromatic heterocycles. The van der Waals surface area contributed by atoms with Gasteiger partial charge in [0.05, 0.1) is 16.8 Å². The lowest BCUT2D eigenvalue weighted by molar-refractivity contribution is -0.137. The second kappa shape index (κ2) is 7.22.